The van der Waals surface area contributed by atoms with Crippen LogP contribution in [0.1, 0.15) is 24.3 Å². The summed E-state index contributed by atoms with van der Waals surface area (Å²) in [7, 11) is 0. The van der Waals surface area contributed by atoms with E-state index in [2.05, 4.69) is 46.7 Å². The molecule has 0 spiro atoms. The van der Waals surface area contributed by atoms with Gasteiger partial charge in [-0.2, -0.15) is 0 Å². The van der Waals surface area contributed by atoms with E-state index in [1.54, 1.807) is 0 Å². The molecule has 0 aliphatic carbocycles. The van der Waals surface area contributed by atoms with Crippen molar-refractivity contribution in [2.24, 2.45) is 0 Å². The molecule has 0 saturated carbocycles. The van der Waals surface area contributed by atoms with Crippen LogP contribution in [0.4, 0.5) is 0 Å². The van der Waals surface area contributed by atoms with E-state index in [1.807, 2.05) is 12.4 Å². The molecule has 0 radical (unpaired) electrons. The molecule has 1 aliphatic rings. The summed E-state index contributed by atoms with van der Waals surface area (Å²) in [6, 6.07) is 12.7. The van der Waals surface area contributed by atoms with Gasteiger partial charge < -0.3 is 5.32 Å². The van der Waals surface area contributed by atoms with Gasteiger partial charge in [-0.3, -0.25) is 4.98 Å². The number of benzene rings is 1. The summed E-state index contributed by atoms with van der Waals surface area (Å²) in [6.07, 6.45) is 6.45. The maximum atomic E-state index is 4.32. The highest BCUT2D eigenvalue weighted by Crippen LogP contribution is 2.31. The summed E-state index contributed by atoms with van der Waals surface area (Å²) in [5.41, 5.74) is 4.01. The molecule has 2 nitrogen and oxygen atoms in total. The van der Waals surface area contributed by atoms with Gasteiger partial charge in [0.15, 0.2) is 0 Å². The number of piperidine rings is 1. The van der Waals surface area contributed by atoms with Crippen molar-refractivity contribution in [3.8, 4) is 11.1 Å². The van der Waals surface area contributed by atoms with Gasteiger partial charge in [-0.15, -0.1) is 0 Å². The Bertz CT molecular complexity index is 502. The third kappa shape index (κ3) is 2.29. The Morgan fingerprint density at radius 1 is 1.11 bits per heavy atom. The first-order valence-corrected chi connectivity index (χ1v) is 6.65. The summed E-state index contributed by atoms with van der Waals surface area (Å²) < 4.78 is 0. The highest BCUT2D eigenvalue weighted by atomic mass is 14.9. The Balaban J connectivity index is 1.99. The normalized spacial score (nSPS) is 19.7. The van der Waals surface area contributed by atoms with Crippen LogP contribution >= 0.6 is 0 Å². The van der Waals surface area contributed by atoms with E-state index in [9.17, 15) is 0 Å². The Morgan fingerprint density at radius 3 is 2.78 bits per heavy atom. The molecule has 1 saturated heterocycles. The van der Waals surface area contributed by atoms with Gasteiger partial charge in [0.1, 0.15) is 0 Å². The van der Waals surface area contributed by atoms with Crippen LogP contribution in [0.3, 0.4) is 0 Å². The standard InChI is InChI=1S/C16H18N2/c1-2-5-13(6-3-1)15-8-10-18-12-16(15)14-7-4-9-17-11-14/h1-3,5-6,8,10,12,14,17H,4,7,9,11H2. The molecule has 1 aromatic heterocycles. The topological polar surface area (TPSA) is 24.9 Å². The van der Waals surface area contributed by atoms with Crippen molar-refractivity contribution < 1.29 is 0 Å². The van der Waals surface area contributed by atoms with Crippen LogP contribution in [0.5, 0.6) is 0 Å². The number of nitrogens with one attached hydrogen (secondary N) is 1. The number of nitrogens with zero attached hydrogens (tertiary/aromatic N) is 1. The van der Waals surface area contributed by atoms with Crippen LogP contribution in [0.2, 0.25) is 0 Å². The molecule has 1 aromatic carbocycles. The molecule has 1 unspecified atom stereocenters. The Kier molecular flexibility index (Phi) is 3.37. The van der Waals surface area contributed by atoms with Crippen molar-refractivity contribution in [3.63, 3.8) is 0 Å². The summed E-state index contributed by atoms with van der Waals surface area (Å²) >= 11 is 0. The van der Waals surface area contributed by atoms with E-state index >= 15 is 0 Å². The molecule has 0 amide bonds. The molecule has 1 atom stereocenters. The summed E-state index contributed by atoms with van der Waals surface area (Å²) in [5, 5.41) is 3.48. The monoisotopic (exact) mass is 238 g/mol. The Labute approximate surface area is 108 Å². The van der Waals surface area contributed by atoms with Crippen molar-refractivity contribution >= 4 is 0 Å². The van der Waals surface area contributed by atoms with Gasteiger partial charge in [-0.25, -0.2) is 0 Å². The van der Waals surface area contributed by atoms with Crippen molar-refractivity contribution in [2.75, 3.05) is 13.1 Å². The number of pyridine rings is 1. The largest absolute Gasteiger partial charge is 0.316 e. The number of hydrogen-bond acceptors (Lipinski definition) is 2. The lowest BCUT2D eigenvalue weighted by Crippen LogP contribution is -2.28. The van der Waals surface area contributed by atoms with Gasteiger partial charge in [0, 0.05) is 18.9 Å². The minimum Gasteiger partial charge on any atom is -0.316 e. The second kappa shape index (κ2) is 5.32. The molecular formula is C16H18N2. The third-order valence-corrected chi connectivity index (χ3v) is 3.67. The smallest absolute Gasteiger partial charge is 0.0309 e. The molecule has 0 bridgehead atoms. The van der Waals surface area contributed by atoms with Crippen LogP contribution in [0, 0.1) is 0 Å². The minimum atomic E-state index is 0.600. The zero-order valence-corrected chi connectivity index (χ0v) is 10.5. The first kappa shape index (κ1) is 11.4. The van der Waals surface area contributed by atoms with E-state index in [1.165, 1.54) is 29.5 Å². The fourth-order valence-corrected chi connectivity index (χ4v) is 2.73. The molecule has 92 valence electrons. The highest BCUT2D eigenvalue weighted by Gasteiger charge is 2.18. The summed E-state index contributed by atoms with van der Waals surface area (Å²) in [4.78, 5) is 4.32. The van der Waals surface area contributed by atoms with Crippen molar-refractivity contribution in [1.82, 2.24) is 10.3 Å². The lowest BCUT2D eigenvalue weighted by atomic mass is 9.87. The van der Waals surface area contributed by atoms with E-state index in [4.69, 9.17) is 0 Å². The number of aromatic nitrogens is 1. The van der Waals surface area contributed by atoms with Gasteiger partial charge in [0.25, 0.3) is 0 Å². The fraction of sp³-hybridized carbons (Fsp3) is 0.312. The van der Waals surface area contributed by atoms with Crippen molar-refractivity contribution in [3.05, 3.63) is 54.4 Å². The predicted molar refractivity (Wildman–Crippen MR) is 74.5 cm³/mol. The van der Waals surface area contributed by atoms with E-state index < -0.39 is 0 Å². The summed E-state index contributed by atoms with van der Waals surface area (Å²) in [6.45, 7) is 2.23. The minimum absolute atomic E-state index is 0.600. The SMILES string of the molecule is c1ccc(-c2ccncc2C2CCCNC2)cc1. The molecule has 1 aliphatic heterocycles. The molecule has 3 rings (SSSR count). The number of rotatable bonds is 2. The Morgan fingerprint density at radius 2 is 2.00 bits per heavy atom. The summed E-state index contributed by atoms with van der Waals surface area (Å²) in [5.74, 6) is 0.600. The van der Waals surface area contributed by atoms with Crippen LogP contribution < -0.4 is 5.32 Å². The van der Waals surface area contributed by atoms with Crippen LogP contribution in [-0.2, 0) is 0 Å². The third-order valence-electron chi connectivity index (χ3n) is 3.67. The van der Waals surface area contributed by atoms with Gasteiger partial charge in [0.2, 0.25) is 0 Å². The quantitative estimate of drug-likeness (QED) is 0.869. The van der Waals surface area contributed by atoms with Gasteiger partial charge in [0.05, 0.1) is 0 Å². The molecular weight excluding hydrogens is 220 g/mol. The van der Waals surface area contributed by atoms with E-state index in [0.29, 0.717) is 5.92 Å². The molecule has 18 heavy (non-hydrogen) atoms. The average molecular weight is 238 g/mol. The molecule has 1 fully saturated rings. The first-order chi connectivity index (χ1) is 8.95. The zero-order chi connectivity index (χ0) is 12.2. The van der Waals surface area contributed by atoms with Gasteiger partial charge in [-0.05, 0) is 48.1 Å². The second-order valence-corrected chi connectivity index (χ2v) is 4.87. The maximum Gasteiger partial charge on any atom is 0.0309 e. The molecule has 2 heterocycles. The van der Waals surface area contributed by atoms with Gasteiger partial charge in [-0.1, -0.05) is 30.3 Å². The second-order valence-electron chi connectivity index (χ2n) is 4.87. The van der Waals surface area contributed by atoms with Crippen molar-refractivity contribution in [1.29, 1.82) is 0 Å². The molecule has 2 aromatic rings. The van der Waals surface area contributed by atoms with Crippen LogP contribution in [0.15, 0.2) is 48.8 Å². The van der Waals surface area contributed by atoms with E-state index in [-0.39, 0.29) is 0 Å². The maximum absolute atomic E-state index is 4.32. The average Bonchev–Trinajstić information content (AvgIpc) is 2.49. The van der Waals surface area contributed by atoms with Crippen LogP contribution in [0.25, 0.3) is 11.1 Å². The lowest BCUT2D eigenvalue weighted by Gasteiger charge is -2.24. The molecule has 1 N–H and O–H groups in total. The molecule has 2 heteroatoms. The van der Waals surface area contributed by atoms with Crippen LogP contribution in [-0.4, -0.2) is 18.1 Å². The van der Waals surface area contributed by atoms with E-state index in [0.717, 1.165) is 13.1 Å². The Hall–Kier alpha value is -1.67. The fourth-order valence-electron chi connectivity index (χ4n) is 2.73. The first-order valence-electron chi connectivity index (χ1n) is 6.65. The van der Waals surface area contributed by atoms with Gasteiger partial charge >= 0.3 is 0 Å². The number of hydrogen-bond donors (Lipinski definition) is 1. The zero-order valence-electron chi connectivity index (χ0n) is 10.5. The lowest BCUT2D eigenvalue weighted by molar-refractivity contribution is 0.461. The predicted octanol–water partition coefficient (Wildman–Crippen LogP) is 3.22. The van der Waals surface area contributed by atoms with Crippen molar-refractivity contribution in [2.45, 2.75) is 18.8 Å². The highest BCUT2D eigenvalue weighted by molar-refractivity contribution is 5.67.